The van der Waals surface area contributed by atoms with Crippen LogP contribution in [0.3, 0.4) is 0 Å². The van der Waals surface area contributed by atoms with Gasteiger partial charge in [-0.15, -0.1) is 0 Å². The smallest absolute Gasteiger partial charge is 0.293 e. The zero-order valence-corrected chi connectivity index (χ0v) is 20.4. The third-order valence-corrected chi connectivity index (χ3v) is 5.80. The molecule has 4 rings (SSSR count). The predicted molar refractivity (Wildman–Crippen MR) is 126 cm³/mol. The molecule has 1 aliphatic heterocycles. The topological polar surface area (TPSA) is 81.9 Å². The molecule has 2 aromatic heterocycles. The number of piperidine rings is 1. The lowest BCUT2D eigenvalue weighted by atomic mass is 10.1. The number of carbonyl (C=O) groups excluding carboxylic acids is 1. The van der Waals surface area contributed by atoms with E-state index in [0.717, 1.165) is 58.4 Å². The average Bonchev–Trinajstić information content (AvgIpc) is 3.02. The number of ether oxygens (including phenoxy) is 1. The van der Waals surface area contributed by atoms with E-state index >= 15 is 0 Å². The van der Waals surface area contributed by atoms with Crippen molar-refractivity contribution in [2.45, 2.75) is 59.1 Å². The molecule has 0 saturated carbocycles. The van der Waals surface area contributed by atoms with E-state index in [2.05, 4.69) is 49.5 Å². The van der Waals surface area contributed by atoms with Crippen molar-refractivity contribution < 1.29 is 9.53 Å². The van der Waals surface area contributed by atoms with Gasteiger partial charge < -0.3 is 10.1 Å². The van der Waals surface area contributed by atoms with E-state index in [1.807, 2.05) is 45.2 Å². The van der Waals surface area contributed by atoms with E-state index in [4.69, 9.17) is 10.1 Å². The summed E-state index contributed by atoms with van der Waals surface area (Å²) < 4.78 is 7.71. The van der Waals surface area contributed by atoms with Crippen molar-refractivity contribution in [3.05, 3.63) is 40.3 Å². The number of halogens is 1. The van der Waals surface area contributed by atoms with Crippen LogP contribution in [0.25, 0.3) is 22.3 Å². The average molecular weight is 488 g/mol. The van der Waals surface area contributed by atoms with Gasteiger partial charge >= 0.3 is 0 Å². The Labute approximate surface area is 191 Å². The number of aromatic nitrogens is 4. The van der Waals surface area contributed by atoms with Crippen molar-refractivity contribution >= 4 is 33.4 Å². The van der Waals surface area contributed by atoms with Crippen LogP contribution < -0.4 is 5.32 Å². The van der Waals surface area contributed by atoms with Crippen LogP contribution in [0.5, 0.6) is 0 Å². The van der Waals surface area contributed by atoms with Gasteiger partial charge in [-0.25, -0.2) is 4.98 Å². The van der Waals surface area contributed by atoms with Gasteiger partial charge in [0.2, 0.25) is 0 Å². The van der Waals surface area contributed by atoms with Gasteiger partial charge in [-0.05, 0) is 88.6 Å². The first-order chi connectivity index (χ1) is 14.7. The molecule has 3 aromatic rings. The number of fused-ring (bicyclic) bond motifs is 1. The fraction of sp³-hybridized carbons (Fsp3) is 0.478. The number of para-hydroxylation sites is 1. The quantitative estimate of drug-likeness (QED) is 0.536. The summed E-state index contributed by atoms with van der Waals surface area (Å²) in [5.41, 5.74) is 5.68. The van der Waals surface area contributed by atoms with E-state index in [9.17, 15) is 4.79 Å². The molecule has 1 fully saturated rings. The minimum atomic E-state index is -0.318. The predicted octanol–water partition coefficient (Wildman–Crippen LogP) is 4.76. The lowest BCUT2D eigenvalue weighted by molar-refractivity contribution is -0.138. The Morgan fingerprint density at radius 1 is 1.23 bits per heavy atom. The number of nitrogens with zero attached hydrogens (tertiary/aromatic N) is 4. The standard InChI is InChI=1S/C18H20BrN5.C5H10O2/c1-11-17(12(2)24(23-11)13-6-8-20-9-7-13)16-10-21-15-5-3-4-14(19)18(15)22-16;1-5(2,3)7-4-6/h3-5,10,13,20H,6-9H2,1-2H3;4H,1-3H3. The van der Waals surface area contributed by atoms with E-state index in [0.29, 0.717) is 12.5 Å². The molecular formula is C23H30BrN5O2. The summed E-state index contributed by atoms with van der Waals surface area (Å²) in [6, 6.07) is 6.43. The maximum Gasteiger partial charge on any atom is 0.293 e. The van der Waals surface area contributed by atoms with Gasteiger partial charge in [0.05, 0.1) is 29.1 Å². The lowest BCUT2D eigenvalue weighted by Gasteiger charge is -2.24. The molecule has 0 spiro atoms. The first-order valence-corrected chi connectivity index (χ1v) is 11.3. The summed E-state index contributed by atoms with van der Waals surface area (Å²) in [7, 11) is 0. The SMILES string of the molecule is CC(C)(C)OC=O.Cc1nn(C2CCNCC2)c(C)c1-c1cnc2cccc(Br)c2n1. The third-order valence-electron chi connectivity index (χ3n) is 5.16. The molecule has 0 aliphatic carbocycles. The molecule has 0 atom stereocenters. The van der Waals surface area contributed by atoms with Gasteiger partial charge in [-0.3, -0.25) is 14.5 Å². The van der Waals surface area contributed by atoms with Gasteiger partial charge in [0.15, 0.2) is 0 Å². The number of carbonyl (C=O) groups is 1. The first-order valence-electron chi connectivity index (χ1n) is 10.5. The maximum atomic E-state index is 9.60. The van der Waals surface area contributed by atoms with E-state index in [1.165, 1.54) is 5.69 Å². The number of hydrogen-bond donors (Lipinski definition) is 1. The van der Waals surface area contributed by atoms with E-state index < -0.39 is 0 Å². The Kier molecular flexibility index (Phi) is 7.43. The zero-order valence-electron chi connectivity index (χ0n) is 18.8. The van der Waals surface area contributed by atoms with Gasteiger partial charge in [-0.2, -0.15) is 5.10 Å². The number of hydrogen-bond acceptors (Lipinski definition) is 6. The summed E-state index contributed by atoms with van der Waals surface area (Å²) in [6.07, 6.45) is 4.10. The molecule has 1 aliphatic rings. The minimum Gasteiger partial charge on any atom is -0.462 e. The van der Waals surface area contributed by atoms with Crippen LogP contribution in [0.15, 0.2) is 28.9 Å². The molecule has 31 heavy (non-hydrogen) atoms. The van der Waals surface area contributed by atoms with Crippen LogP contribution >= 0.6 is 15.9 Å². The normalized spacial score (nSPS) is 14.8. The highest BCUT2D eigenvalue weighted by molar-refractivity contribution is 9.10. The molecule has 0 bridgehead atoms. The van der Waals surface area contributed by atoms with Gasteiger partial charge in [0, 0.05) is 15.7 Å². The Morgan fingerprint density at radius 2 is 1.94 bits per heavy atom. The molecule has 0 radical (unpaired) electrons. The Hall–Kier alpha value is -2.32. The number of aryl methyl sites for hydroxylation is 1. The molecule has 166 valence electrons. The van der Waals surface area contributed by atoms with Crippen LogP contribution in [0.1, 0.15) is 51.0 Å². The van der Waals surface area contributed by atoms with Crippen molar-refractivity contribution in [3.63, 3.8) is 0 Å². The highest BCUT2D eigenvalue weighted by Gasteiger charge is 2.22. The molecule has 3 heterocycles. The van der Waals surface area contributed by atoms with Crippen LogP contribution in [-0.2, 0) is 9.53 Å². The Morgan fingerprint density at radius 3 is 2.55 bits per heavy atom. The van der Waals surface area contributed by atoms with Crippen LogP contribution in [0.2, 0.25) is 0 Å². The summed E-state index contributed by atoms with van der Waals surface area (Å²) in [6.45, 7) is 12.2. The summed E-state index contributed by atoms with van der Waals surface area (Å²) in [5.74, 6) is 0. The van der Waals surface area contributed by atoms with Crippen molar-refractivity contribution in [2.75, 3.05) is 13.1 Å². The van der Waals surface area contributed by atoms with Crippen molar-refractivity contribution in [3.8, 4) is 11.3 Å². The Bertz CT molecular complexity index is 1050. The highest BCUT2D eigenvalue weighted by Crippen LogP contribution is 2.31. The second kappa shape index (κ2) is 9.87. The molecule has 8 heteroatoms. The first kappa shape index (κ1) is 23.3. The molecular weight excluding hydrogens is 458 g/mol. The summed E-state index contributed by atoms with van der Waals surface area (Å²) in [4.78, 5) is 19.0. The maximum absolute atomic E-state index is 9.60. The molecule has 0 unspecified atom stereocenters. The molecule has 1 aromatic carbocycles. The number of nitrogens with one attached hydrogen (secondary N) is 1. The van der Waals surface area contributed by atoms with Gasteiger partial charge in [0.25, 0.3) is 6.47 Å². The zero-order chi connectivity index (χ0) is 22.6. The highest BCUT2D eigenvalue weighted by atomic mass is 79.9. The number of benzene rings is 1. The van der Waals surface area contributed by atoms with E-state index in [-0.39, 0.29) is 5.60 Å². The third kappa shape index (κ3) is 5.68. The second-order valence-corrected chi connectivity index (χ2v) is 9.52. The molecule has 1 N–H and O–H groups in total. The van der Waals surface area contributed by atoms with Crippen LogP contribution in [0, 0.1) is 13.8 Å². The Balaban J connectivity index is 0.000000339. The lowest BCUT2D eigenvalue weighted by Crippen LogP contribution is -2.30. The fourth-order valence-electron chi connectivity index (χ4n) is 3.70. The largest absolute Gasteiger partial charge is 0.462 e. The number of rotatable bonds is 3. The summed E-state index contributed by atoms with van der Waals surface area (Å²) in [5, 5.41) is 8.24. The second-order valence-electron chi connectivity index (χ2n) is 8.66. The minimum absolute atomic E-state index is 0.318. The van der Waals surface area contributed by atoms with Crippen molar-refractivity contribution in [2.24, 2.45) is 0 Å². The fourth-order valence-corrected chi connectivity index (χ4v) is 4.15. The van der Waals surface area contributed by atoms with Crippen LogP contribution in [0.4, 0.5) is 0 Å². The van der Waals surface area contributed by atoms with Crippen molar-refractivity contribution in [1.29, 1.82) is 0 Å². The van der Waals surface area contributed by atoms with Crippen molar-refractivity contribution in [1.82, 2.24) is 25.1 Å². The molecule has 7 nitrogen and oxygen atoms in total. The van der Waals surface area contributed by atoms with Gasteiger partial charge in [-0.1, -0.05) is 6.07 Å². The molecule has 1 saturated heterocycles. The van der Waals surface area contributed by atoms with Gasteiger partial charge in [0.1, 0.15) is 11.1 Å². The summed E-state index contributed by atoms with van der Waals surface area (Å²) >= 11 is 3.58. The molecule has 0 amide bonds. The monoisotopic (exact) mass is 487 g/mol. The van der Waals surface area contributed by atoms with E-state index in [1.54, 1.807) is 0 Å². The van der Waals surface area contributed by atoms with Crippen LogP contribution in [-0.4, -0.2) is 44.9 Å².